The van der Waals surface area contributed by atoms with Crippen LogP contribution in [0.4, 0.5) is 0 Å². The largest absolute Gasteiger partial charge is 0.379 e. The third-order valence-electron chi connectivity index (χ3n) is 3.52. The maximum Gasteiger partial charge on any atom is 0.0623 e. The second-order valence-electron chi connectivity index (χ2n) is 5.77. The molecule has 1 N–H and O–H groups in total. The molecule has 108 valence electrons. The first-order valence-corrected chi connectivity index (χ1v) is 7.19. The number of pyridine rings is 1. The van der Waals surface area contributed by atoms with Crippen LogP contribution in [0.5, 0.6) is 0 Å². The summed E-state index contributed by atoms with van der Waals surface area (Å²) >= 11 is 0. The summed E-state index contributed by atoms with van der Waals surface area (Å²) in [7, 11) is 1.78. The summed E-state index contributed by atoms with van der Waals surface area (Å²) in [6.45, 7) is 9.59. The highest BCUT2D eigenvalue weighted by Crippen LogP contribution is 2.23. The Morgan fingerprint density at radius 3 is 2.74 bits per heavy atom. The van der Waals surface area contributed by atoms with Gasteiger partial charge in [-0.25, -0.2) is 0 Å². The molecule has 1 rings (SSSR count). The fourth-order valence-corrected chi connectivity index (χ4v) is 2.02. The van der Waals surface area contributed by atoms with Crippen molar-refractivity contribution >= 4 is 0 Å². The monoisotopic (exact) mass is 264 g/mol. The highest BCUT2D eigenvalue weighted by molar-refractivity contribution is 5.17. The van der Waals surface area contributed by atoms with Crippen LogP contribution in [0.1, 0.15) is 57.3 Å². The number of ether oxygens (including phenoxy) is 1. The molecule has 0 radical (unpaired) electrons. The van der Waals surface area contributed by atoms with E-state index >= 15 is 0 Å². The molecule has 0 spiro atoms. The molecular weight excluding hydrogens is 236 g/mol. The molecular formula is C16H28N2O. The van der Waals surface area contributed by atoms with Crippen molar-refractivity contribution in [2.75, 3.05) is 13.7 Å². The number of nitrogens with zero attached hydrogens (tertiary/aromatic N) is 1. The first kappa shape index (κ1) is 16.1. The van der Waals surface area contributed by atoms with Gasteiger partial charge in [0.1, 0.15) is 0 Å². The summed E-state index contributed by atoms with van der Waals surface area (Å²) in [6, 6.07) is 4.53. The molecule has 1 aromatic heterocycles. The molecule has 3 heteroatoms. The maximum atomic E-state index is 5.50. The van der Waals surface area contributed by atoms with Crippen LogP contribution in [0, 0.1) is 6.92 Å². The van der Waals surface area contributed by atoms with E-state index in [1.165, 1.54) is 5.56 Å². The van der Waals surface area contributed by atoms with E-state index < -0.39 is 0 Å². The number of methoxy groups -OCH3 is 1. The van der Waals surface area contributed by atoms with Gasteiger partial charge in [0.15, 0.2) is 0 Å². The van der Waals surface area contributed by atoms with Gasteiger partial charge in [-0.3, -0.25) is 4.98 Å². The summed E-state index contributed by atoms with van der Waals surface area (Å²) < 4.78 is 5.50. The predicted molar refractivity (Wildman–Crippen MR) is 80.3 cm³/mol. The van der Waals surface area contributed by atoms with Crippen molar-refractivity contribution in [3.63, 3.8) is 0 Å². The van der Waals surface area contributed by atoms with Crippen molar-refractivity contribution in [2.24, 2.45) is 0 Å². The average molecular weight is 264 g/mol. The van der Waals surface area contributed by atoms with E-state index in [0.717, 1.165) is 31.5 Å². The number of nitrogens with one attached hydrogen (secondary N) is 1. The van der Waals surface area contributed by atoms with Crippen LogP contribution in [0.2, 0.25) is 0 Å². The van der Waals surface area contributed by atoms with Crippen LogP contribution in [0.25, 0.3) is 0 Å². The number of aryl methyl sites for hydroxylation is 1. The SMILES string of the molecule is CCCNC(CCC(C)(C)OC)c1cc(C)ccn1. The molecule has 0 aliphatic rings. The molecule has 0 bridgehead atoms. The molecule has 0 aliphatic carbocycles. The lowest BCUT2D eigenvalue weighted by atomic mass is 9.96. The fraction of sp³-hybridized carbons (Fsp3) is 0.688. The Morgan fingerprint density at radius 2 is 2.16 bits per heavy atom. The number of rotatable bonds is 8. The lowest BCUT2D eigenvalue weighted by Gasteiger charge is -2.26. The molecule has 19 heavy (non-hydrogen) atoms. The van der Waals surface area contributed by atoms with Crippen LogP contribution in [-0.4, -0.2) is 24.2 Å². The number of hydrogen-bond donors (Lipinski definition) is 1. The Morgan fingerprint density at radius 1 is 1.42 bits per heavy atom. The van der Waals surface area contributed by atoms with Gasteiger partial charge in [0.2, 0.25) is 0 Å². The van der Waals surface area contributed by atoms with E-state index in [4.69, 9.17) is 4.74 Å². The van der Waals surface area contributed by atoms with Gasteiger partial charge in [0, 0.05) is 19.3 Å². The predicted octanol–water partition coefficient (Wildman–Crippen LogP) is 3.64. The minimum atomic E-state index is -0.0734. The summed E-state index contributed by atoms with van der Waals surface area (Å²) in [6.07, 6.45) is 5.08. The van der Waals surface area contributed by atoms with Gasteiger partial charge in [0.25, 0.3) is 0 Å². The minimum Gasteiger partial charge on any atom is -0.379 e. The molecule has 0 saturated carbocycles. The molecule has 1 aromatic rings. The zero-order valence-corrected chi connectivity index (χ0v) is 13.0. The summed E-state index contributed by atoms with van der Waals surface area (Å²) in [5.74, 6) is 0. The van der Waals surface area contributed by atoms with Crippen molar-refractivity contribution in [3.8, 4) is 0 Å². The number of aromatic nitrogens is 1. The van der Waals surface area contributed by atoms with Gasteiger partial charge in [-0.15, -0.1) is 0 Å². The Kier molecular flexibility index (Phi) is 6.46. The van der Waals surface area contributed by atoms with Gasteiger partial charge >= 0.3 is 0 Å². The van der Waals surface area contributed by atoms with Crippen molar-refractivity contribution < 1.29 is 4.74 Å². The van der Waals surface area contributed by atoms with E-state index in [1.807, 2.05) is 12.3 Å². The van der Waals surface area contributed by atoms with Crippen molar-refractivity contribution in [3.05, 3.63) is 29.6 Å². The molecule has 0 aliphatic heterocycles. The lowest BCUT2D eigenvalue weighted by Crippen LogP contribution is -2.28. The van der Waals surface area contributed by atoms with E-state index in [2.05, 4.69) is 44.1 Å². The molecule has 1 atom stereocenters. The normalized spacial score (nSPS) is 13.5. The Balaban J connectivity index is 2.71. The zero-order valence-electron chi connectivity index (χ0n) is 13.0. The first-order valence-electron chi connectivity index (χ1n) is 7.19. The van der Waals surface area contributed by atoms with Crippen LogP contribution in [0.3, 0.4) is 0 Å². The number of hydrogen-bond acceptors (Lipinski definition) is 3. The maximum absolute atomic E-state index is 5.50. The van der Waals surface area contributed by atoms with Gasteiger partial charge in [-0.05, 0) is 64.3 Å². The molecule has 1 unspecified atom stereocenters. The van der Waals surface area contributed by atoms with Crippen LogP contribution < -0.4 is 5.32 Å². The zero-order chi connectivity index (χ0) is 14.3. The smallest absolute Gasteiger partial charge is 0.0623 e. The Bertz CT molecular complexity index is 377. The molecule has 0 amide bonds. The third kappa shape index (κ3) is 5.70. The summed E-state index contributed by atoms with van der Waals surface area (Å²) in [5.41, 5.74) is 2.33. The van der Waals surface area contributed by atoms with E-state index in [9.17, 15) is 0 Å². The van der Waals surface area contributed by atoms with Crippen LogP contribution in [0.15, 0.2) is 18.3 Å². The average Bonchev–Trinajstić information content (AvgIpc) is 2.39. The van der Waals surface area contributed by atoms with E-state index in [1.54, 1.807) is 7.11 Å². The van der Waals surface area contributed by atoms with Gasteiger partial charge in [-0.2, -0.15) is 0 Å². The topological polar surface area (TPSA) is 34.1 Å². The summed E-state index contributed by atoms with van der Waals surface area (Å²) in [4.78, 5) is 4.52. The van der Waals surface area contributed by atoms with Gasteiger partial charge in [0.05, 0.1) is 11.3 Å². The lowest BCUT2D eigenvalue weighted by molar-refractivity contribution is 0.0116. The van der Waals surface area contributed by atoms with Crippen molar-refractivity contribution in [1.82, 2.24) is 10.3 Å². The molecule has 0 aromatic carbocycles. The van der Waals surface area contributed by atoms with Gasteiger partial charge < -0.3 is 10.1 Å². The van der Waals surface area contributed by atoms with E-state index in [-0.39, 0.29) is 5.60 Å². The fourth-order valence-electron chi connectivity index (χ4n) is 2.02. The Hall–Kier alpha value is -0.930. The van der Waals surface area contributed by atoms with E-state index in [0.29, 0.717) is 6.04 Å². The molecule has 1 heterocycles. The highest BCUT2D eigenvalue weighted by atomic mass is 16.5. The third-order valence-corrected chi connectivity index (χ3v) is 3.52. The minimum absolute atomic E-state index is 0.0734. The van der Waals surface area contributed by atoms with Crippen molar-refractivity contribution in [2.45, 2.75) is 58.6 Å². The Labute approximate surface area is 117 Å². The standard InChI is InChI=1S/C16H28N2O/c1-6-10-17-14(7-9-16(3,4)19-5)15-12-13(2)8-11-18-15/h8,11-12,14,17H,6-7,9-10H2,1-5H3. The van der Waals surface area contributed by atoms with Crippen LogP contribution in [-0.2, 0) is 4.74 Å². The highest BCUT2D eigenvalue weighted by Gasteiger charge is 2.20. The van der Waals surface area contributed by atoms with Gasteiger partial charge in [-0.1, -0.05) is 6.92 Å². The van der Waals surface area contributed by atoms with Crippen LogP contribution >= 0.6 is 0 Å². The quantitative estimate of drug-likeness (QED) is 0.778. The van der Waals surface area contributed by atoms with Crippen molar-refractivity contribution in [1.29, 1.82) is 0 Å². The summed E-state index contributed by atoms with van der Waals surface area (Å²) in [5, 5.41) is 3.59. The first-order chi connectivity index (χ1) is 8.98. The molecule has 3 nitrogen and oxygen atoms in total. The molecule has 0 saturated heterocycles. The second kappa shape index (κ2) is 7.61. The molecule has 0 fully saturated rings. The second-order valence-corrected chi connectivity index (χ2v) is 5.77.